The zero-order valence-corrected chi connectivity index (χ0v) is 12.1. The Kier molecular flexibility index (Phi) is 6.42. The number of carboxylic acids is 1. The molecule has 0 saturated carbocycles. The Balaban J connectivity index is 2.77. The van der Waals surface area contributed by atoms with Gasteiger partial charge in [0.15, 0.2) is 6.04 Å². The van der Waals surface area contributed by atoms with Crippen LogP contribution in [-0.2, 0) is 9.53 Å². The largest absolute Gasteiger partial charge is 0.496 e. The highest BCUT2D eigenvalue weighted by atomic mass is 16.5. The molecule has 0 aliphatic heterocycles. The molecule has 2 N–H and O–H groups in total. The van der Waals surface area contributed by atoms with Crippen LogP contribution in [0.2, 0.25) is 0 Å². The van der Waals surface area contributed by atoms with Crippen molar-refractivity contribution in [1.29, 1.82) is 0 Å². The van der Waals surface area contributed by atoms with E-state index in [1.54, 1.807) is 18.2 Å². The molecule has 6 heteroatoms. The summed E-state index contributed by atoms with van der Waals surface area (Å²) in [5.41, 5.74) is 1.21. The third-order valence-electron chi connectivity index (χ3n) is 2.79. The number of amides is 1. The summed E-state index contributed by atoms with van der Waals surface area (Å²) >= 11 is 0. The number of hydrogen-bond donors (Lipinski definition) is 2. The van der Waals surface area contributed by atoms with Gasteiger partial charge in [0, 0.05) is 5.56 Å². The minimum absolute atomic E-state index is 0.129. The first-order valence-corrected chi connectivity index (χ1v) is 6.36. The fourth-order valence-corrected chi connectivity index (χ4v) is 1.65. The van der Waals surface area contributed by atoms with E-state index in [9.17, 15) is 9.59 Å². The van der Waals surface area contributed by atoms with Gasteiger partial charge in [-0.25, -0.2) is 4.79 Å². The van der Waals surface area contributed by atoms with Crippen LogP contribution < -0.4 is 10.1 Å². The van der Waals surface area contributed by atoms with Gasteiger partial charge in [-0.3, -0.25) is 4.79 Å². The SMILES string of the molecule is C=CCOCC(NC(=O)c1ccc(C)c(OC)c1)C(=O)O. The number of carbonyl (C=O) groups excluding carboxylic acids is 1. The predicted molar refractivity (Wildman–Crippen MR) is 77.6 cm³/mol. The Bertz CT molecular complexity index is 527. The molecule has 1 aromatic rings. The highest BCUT2D eigenvalue weighted by Crippen LogP contribution is 2.18. The van der Waals surface area contributed by atoms with E-state index in [2.05, 4.69) is 11.9 Å². The van der Waals surface area contributed by atoms with Gasteiger partial charge in [-0.05, 0) is 24.6 Å². The van der Waals surface area contributed by atoms with Crippen LogP contribution in [0.15, 0.2) is 30.9 Å². The first-order valence-electron chi connectivity index (χ1n) is 6.36. The van der Waals surface area contributed by atoms with E-state index in [4.69, 9.17) is 14.6 Å². The van der Waals surface area contributed by atoms with Crippen LogP contribution in [0.3, 0.4) is 0 Å². The average molecular weight is 293 g/mol. The summed E-state index contributed by atoms with van der Waals surface area (Å²) in [6.45, 7) is 5.41. The maximum atomic E-state index is 12.1. The maximum absolute atomic E-state index is 12.1. The molecule has 0 heterocycles. The van der Waals surface area contributed by atoms with Gasteiger partial charge in [0.1, 0.15) is 5.75 Å². The molecule has 1 unspecified atom stereocenters. The summed E-state index contributed by atoms with van der Waals surface area (Å²) in [5, 5.41) is 11.5. The van der Waals surface area contributed by atoms with Gasteiger partial charge in [-0.2, -0.15) is 0 Å². The number of nitrogens with one attached hydrogen (secondary N) is 1. The lowest BCUT2D eigenvalue weighted by molar-refractivity contribution is -0.140. The molecular formula is C15H19NO5. The van der Waals surface area contributed by atoms with Gasteiger partial charge in [-0.1, -0.05) is 12.1 Å². The topological polar surface area (TPSA) is 84.9 Å². The molecule has 1 atom stereocenters. The molecule has 0 radical (unpaired) electrons. The number of carbonyl (C=O) groups is 2. The molecular weight excluding hydrogens is 274 g/mol. The van der Waals surface area contributed by atoms with Crippen molar-refractivity contribution in [3.8, 4) is 5.75 Å². The van der Waals surface area contributed by atoms with Crippen LogP contribution in [0.25, 0.3) is 0 Å². The average Bonchev–Trinajstić information content (AvgIpc) is 2.46. The minimum atomic E-state index is -1.16. The van der Waals surface area contributed by atoms with Gasteiger partial charge >= 0.3 is 5.97 Å². The van der Waals surface area contributed by atoms with Crippen molar-refractivity contribution in [2.24, 2.45) is 0 Å². The molecule has 1 rings (SSSR count). The molecule has 0 spiro atoms. The van der Waals surface area contributed by atoms with Gasteiger partial charge in [0.25, 0.3) is 5.91 Å². The number of rotatable bonds is 8. The molecule has 6 nitrogen and oxygen atoms in total. The van der Waals surface area contributed by atoms with E-state index < -0.39 is 17.9 Å². The van der Waals surface area contributed by atoms with Gasteiger partial charge in [0.05, 0.1) is 20.3 Å². The van der Waals surface area contributed by atoms with Crippen LogP contribution in [0.4, 0.5) is 0 Å². The zero-order chi connectivity index (χ0) is 15.8. The minimum Gasteiger partial charge on any atom is -0.496 e. The van der Waals surface area contributed by atoms with Gasteiger partial charge < -0.3 is 19.9 Å². The summed E-state index contributed by atoms with van der Waals surface area (Å²) in [7, 11) is 1.51. The van der Waals surface area contributed by atoms with E-state index in [0.29, 0.717) is 11.3 Å². The Morgan fingerprint density at radius 1 is 1.48 bits per heavy atom. The second kappa shape index (κ2) is 8.06. The quantitative estimate of drug-likeness (QED) is 0.559. The Labute approximate surface area is 123 Å². The van der Waals surface area contributed by atoms with Crippen molar-refractivity contribution in [2.45, 2.75) is 13.0 Å². The number of ether oxygens (including phenoxy) is 2. The Morgan fingerprint density at radius 3 is 2.76 bits per heavy atom. The van der Waals surface area contributed by atoms with Crippen LogP contribution >= 0.6 is 0 Å². The standard InChI is InChI=1S/C15H19NO5/c1-4-7-21-9-12(15(18)19)16-14(17)11-6-5-10(2)13(8-11)20-3/h4-6,8,12H,1,7,9H2,2-3H3,(H,16,17)(H,18,19). The second-order valence-corrected chi connectivity index (χ2v) is 4.37. The second-order valence-electron chi connectivity index (χ2n) is 4.37. The number of carboxylic acid groups (broad SMARTS) is 1. The van der Waals surface area contributed by atoms with E-state index in [1.807, 2.05) is 6.92 Å². The molecule has 0 saturated heterocycles. The molecule has 0 aliphatic rings. The van der Waals surface area contributed by atoms with Crippen molar-refractivity contribution in [3.05, 3.63) is 42.0 Å². The summed E-state index contributed by atoms with van der Waals surface area (Å²) in [4.78, 5) is 23.2. The number of methoxy groups -OCH3 is 1. The van der Waals surface area contributed by atoms with E-state index in [1.165, 1.54) is 13.2 Å². The lowest BCUT2D eigenvalue weighted by Crippen LogP contribution is -2.44. The predicted octanol–water partition coefficient (Wildman–Crippen LogP) is 1.39. The normalized spacial score (nSPS) is 11.5. The molecule has 0 aliphatic carbocycles. The summed E-state index contributed by atoms with van der Waals surface area (Å²) in [6.07, 6.45) is 1.51. The van der Waals surface area contributed by atoms with E-state index >= 15 is 0 Å². The van der Waals surface area contributed by atoms with Crippen molar-refractivity contribution >= 4 is 11.9 Å². The van der Waals surface area contributed by atoms with Crippen molar-refractivity contribution in [2.75, 3.05) is 20.3 Å². The number of aryl methyl sites for hydroxylation is 1. The number of benzene rings is 1. The Morgan fingerprint density at radius 2 is 2.19 bits per heavy atom. The molecule has 0 fully saturated rings. The van der Waals surface area contributed by atoms with Crippen LogP contribution in [0.1, 0.15) is 15.9 Å². The highest BCUT2D eigenvalue weighted by molar-refractivity contribution is 5.97. The molecule has 1 aromatic carbocycles. The molecule has 114 valence electrons. The first kappa shape index (κ1) is 16.7. The molecule has 1 amide bonds. The molecule has 0 aromatic heterocycles. The highest BCUT2D eigenvalue weighted by Gasteiger charge is 2.21. The third kappa shape index (κ3) is 4.92. The van der Waals surface area contributed by atoms with Crippen molar-refractivity contribution < 1.29 is 24.2 Å². The van der Waals surface area contributed by atoms with Crippen molar-refractivity contribution in [3.63, 3.8) is 0 Å². The third-order valence-corrected chi connectivity index (χ3v) is 2.79. The first-order chi connectivity index (χ1) is 9.99. The fraction of sp³-hybridized carbons (Fsp3) is 0.333. The lowest BCUT2D eigenvalue weighted by atomic mass is 10.1. The summed E-state index contributed by atoms with van der Waals surface area (Å²) < 4.78 is 10.2. The summed E-state index contributed by atoms with van der Waals surface area (Å²) in [6, 6.07) is 3.78. The molecule has 0 bridgehead atoms. The zero-order valence-electron chi connectivity index (χ0n) is 12.1. The van der Waals surface area contributed by atoms with Gasteiger partial charge in [0.2, 0.25) is 0 Å². The van der Waals surface area contributed by atoms with E-state index in [-0.39, 0.29) is 13.2 Å². The number of hydrogen-bond acceptors (Lipinski definition) is 4. The number of aliphatic carboxylic acids is 1. The van der Waals surface area contributed by atoms with Crippen LogP contribution in [-0.4, -0.2) is 43.3 Å². The smallest absolute Gasteiger partial charge is 0.328 e. The van der Waals surface area contributed by atoms with Crippen LogP contribution in [0, 0.1) is 6.92 Å². The fourth-order valence-electron chi connectivity index (χ4n) is 1.65. The maximum Gasteiger partial charge on any atom is 0.328 e. The lowest BCUT2D eigenvalue weighted by Gasteiger charge is -2.15. The molecule has 21 heavy (non-hydrogen) atoms. The monoisotopic (exact) mass is 293 g/mol. The van der Waals surface area contributed by atoms with Crippen LogP contribution in [0.5, 0.6) is 5.75 Å². The van der Waals surface area contributed by atoms with Gasteiger partial charge in [-0.15, -0.1) is 6.58 Å². The van der Waals surface area contributed by atoms with E-state index in [0.717, 1.165) is 5.56 Å². The van der Waals surface area contributed by atoms with Crippen molar-refractivity contribution in [1.82, 2.24) is 5.32 Å². The summed E-state index contributed by atoms with van der Waals surface area (Å²) in [5.74, 6) is -1.09. The Hall–Kier alpha value is -2.34.